The third-order valence-corrected chi connectivity index (χ3v) is 4.59. The quantitative estimate of drug-likeness (QED) is 0.432. The largest absolute Gasteiger partial charge is 0.496 e. The normalized spacial score (nSPS) is 10.5. The van der Waals surface area contributed by atoms with Crippen LogP contribution in [0.25, 0.3) is 10.9 Å². The van der Waals surface area contributed by atoms with Crippen molar-refractivity contribution in [1.29, 1.82) is 0 Å². The number of amides is 2. The number of rotatable bonds is 5. The minimum absolute atomic E-state index is 0.306. The smallest absolute Gasteiger partial charge is 0.323 e. The van der Waals surface area contributed by atoms with Crippen molar-refractivity contribution in [3.05, 3.63) is 84.6 Å². The second kappa shape index (κ2) is 8.53. The van der Waals surface area contributed by atoms with Gasteiger partial charge in [-0.25, -0.2) is 4.79 Å². The van der Waals surface area contributed by atoms with Crippen LogP contribution in [0.5, 0.6) is 17.2 Å². The second-order valence-corrected chi connectivity index (χ2v) is 6.72. The van der Waals surface area contributed by atoms with Crippen LogP contribution in [0.1, 0.15) is 5.56 Å². The first-order chi connectivity index (χ1) is 14.6. The maximum Gasteiger partial charge on any atom is 0.323 e. The zero-order valence-corrected chi connectivity index (χ0v) is 16.7. The van der Waals surface area contributed by atoms with Gasteiger partial charge in [0.25, 0.3) is 0 Å². The van der Waals surface area contributed by atoms with Crippen molar-refractivity contribution < 1.29 is 14.3 Å². The first kappa shape index (κ1) is 19.3. The highest BCUT2D eigenvalue weighted by atomic mass is 16.5. The number of nitrogens with one attached hydrogen (secondary N) is 2. The van der Waals surface area contributed by atoms with Gasteiger partial charge < -0.3 is 20.1 Å². The number of urea groups is 1. The molecule has 3 aromatic carbocycles. The van der Waals surface area contributed by atoms with Crippen molar-refractivity contribution in [3.8, 4) is 17.2 Å². The number of hydrogen-bond donors (Lipinski definition) is 2. The topological polar surface area (TPSA) is 72.5 Å². The lowest BCUT2D eigenvalue weighted by Crippen LogP contribution is -2.19. The summed E-state index contributed by atoms with van der Waals surface area (Å²) in [6, 6.07) is 21.9. The Bertz CT molecular complexity index is 1180. The highest BCUT2D eigenvalue weighted by molar-refractivity contribution is 5.99. The molecule has 0 bridgehead atoms. The molecule has 2 amide bonds. The van der Waals surface area contributed by atoms with E-state index in [4.69, 9.17) is 9.47 Å². The first-order valence-corrected chi connectivity index (χ1v) is 9.47. The summed E-state index contributed by atoms with van der Waals surface area (Å²) in [7, 11) is 1.64. The summed E-state index contributed by atoms with van der Waals surface area (Å²) in [6.07, 6.45) is 1.70. The average molecular weight is 399 g/mol. The van der Waals surface area contributed by atoms with Gasteiger partial charge in [-0.1, -0.05) is 18.2 Å². The fourth-order valence-corrected chi connectivity index (χ4v) is 3.11. The van der Waals surface area contributed by atoms with Crippen LogP contribution in [0.3, 0.4) is 0 Å². The van der Waals surface area contributed by atoms with Crippen LogP contribution in [0.2, 0.25) is 0 Å². The van der Waals surface area contributed by atoms with Crippen LogP contribution in [0.15, 0.2) is 79.0 Å². The van der Waals surface area contributed by atoms with E-state index in [0.717, 1.165) is 27.9 Å². The van der Waals surface area contributed by atoms with Gasteiger partial charge in [-0.15, -0.1) is 0 Å². The van der Waals surface area contributed by atoms with Gasteiger partial charge in [0.15, 0.2) is 0 Å². The van der Waals surface area contributed by atoms with Gasteiger partial charge in [-0.2, -0.15) is 0 Å². The molecule has 0 unspecified atom stereocenters. The highest BCUT2D eigenvalue weighted by Crippen LogP contribution is 2.33. The van der Waals surface area contributed by atoms with E-state index in [9.17, 15) is 4.79 Å². The summed E-state index contributed by atoms with van der Waals surface area (Å²) in [5, 5.41) is 6.49. The number of methoxy groups -OCH3 is 1. The number of carbonyl (C=O) groups is 1. The minimum Gasteiger partial charge on any atom is -0.496 e. The predicted molar refractivity (Wildman–Crippen MR) is 119 cm³/mol. The van der Waals surface area contributed by atoms with Crippen LogP contribution >= 0.6 is 0 Å². The molecule has 6 heteroatoms. The number of carbonyl (C=O) groups excluding carboxylic acids is 1. The zero-order chi connectivity index (χ0) is 20.9. The molecule has 0 radical (unpaired) electrons. The summed E-state index contributed by atoms with van der Waals surface area (Å²) in [5.74, 6) is 2.15. The molecular weight excluding hydrogens is 378 g/mol. The molecular formula is C24H21N3O3. The lowest BCUT2D eigenvalue weighted by atomic mass is 10.1. The van der Waals surface area contributed by atoms with E-state index >= 15 is 0 Å². The Kier molecular flexibility index (Phi) is 5.48. The van der Waals surface area contributed by atoms with Crippen molar-refractivity contribution >= 4 is 28.3 Å². The number of benzene rings is 3. The molecule has 0 fully saturated rings. The second-order valence-electron chi connectivity index (χ2n) is 6.72. The van der Waals surface area contributed by atoms with Crippen LogP contribution in [0.4, 0.5) is 16.2 Å². The molecule has 1 heterocycles. The molecule has 2 N–H and O–H groups in total. The van der Waals surface area contributed by atoms with Crippen molar-refractivity contribution in [2.45, 2.75) is 6.92 Å². The van der Waals surface area contributed by atoms with Gasteiger partial charge in [-0.3, -0.25) is 4.98 Å². The molecule has 0 atom stereocenters. The van der Waals surface area contributed by atoms with Crippen molar-refractivity contribution in [2.75, 3.05) is 17.7 Å². The number of ether oxygens (including phenoxy) is 2. The fraction of sp³-hybridized carbons (Fsp3) is 0.0833. The Hall–Kier alpha value is -4.06. The Morgan fingerprint density at radius 1 is 0.867 bits per heavy atom. The monoisotopic (exact) mass is 399 g/mol. The molecule has 0 aliphatic heterocycles. The van der Waals surface area contributed by atoms with E-state index in [1.165, 1.54) is 0 Å². The summed E-state index contributed by atoms with van der Waals surface area (Å²) < 4.78 is 11.4. The number of aryl methyl sites for hydroxylation is 1. The number of fused-ring (bicyclic) bond motifs is 1. The summed E-state index contributed by atoms with van der Waals surface area (Å²) >= 11 is 0. The molecule has 0 aliphatic rings. The lowest BCUT2D eigenvalue weighted by Gasteiger charge is -2.12. The van der Waals surface area contributed by atoms with E-state index < -0.39 is 0 Å². The number of pyridine rings is 1. The Morgan fingerprint density at radius 3 is 2.27 bits per heavy atom. The molecule has 0 saturated heterocycles. The maximum atomic E-state index is 12.1. The van der Waals surface area contributed by atoms with Crippen LogP contribution < -0.4 is 20.1 Å². The van der Waals surface area contributed by atoms with Gasteiger partial charge in [0.1, 0.15) is 17.2 Å². The molecule has 150 valence electrons. The van der Waals surface area contributed by atoms with Crippen molar-refractivity contribution in [3.63, 3.8) is 0 Å². The minimum atomic E-state index is -0.306. The number of nitrogens with zero attached hydrogens (tertiary/aromatic N) is 1. The molecule has 1 aromatic heterocycles. The van der Waals surface area contributed by atoms with Crippen LogP contribution in [-0.2, 0) is 0 Å². The van der Waals surface area contributed by atoms with E-state index in [-0.39, 0.29) is 6.03 Å². The molecule has 30 heavy (non-hydrogen) atoms. The molecule has 0 spiro atoms. The fourth-order valence-electron chi connectivity index (χ4n) is 3.11. The molecule has 4 aromatic rings. The third-order valence-electron chi connectivity index (χ3n) is 4.59. The summed E-state index contributed by atoms with van der Waals surface area (Å²) in [5.41, 5.74) is 3.19. The Morgan fingerprint density at radius 2 is 1.57 bits per heavy atom. The number of aromatic nitrogens is 1. The van der Waals surface area contributed by atoms with E-state index in [0.29, 0.717) is 17.2 Å². The van der Waals surface area contributed by atoms with Crippen molar-refractivity contribution in [1.82, 2.24) is 4.98 Å². The van der Waals surface area contributed by atoms with E-state index in [1.54, 1.807) is 37.6 Å². The zero-order valence-electron chi connectivity index (χ0n) is 16.7. The number of anilines is 2. The highest BCUT2D eigenvalue weighted by Gasteiger charge is 2.09. The van der Waals surface area contributed by atoms with E-state index in [2.05, 4.69) is 15.6 Å². The third kappa shape index (κ3) is 4.33. The predicted octanol–water partition coefficient (Wildman–Crippen LogP) is 5.99. The maximum absolute atomic E-state index is 12.1. The molecule has 0 saturated carbocycles. The summed E-state index contributed by atoms with van der Waals surface area (Å²) in [6.45, 7) is 1.98. The van der Waals surface area contributed by atoms with Gasteiger partial charge in [0, 0.05) is 29.0 Å². The number of para-hydroxylation sites is 1. The standard InChI is InChI=1S/C24H21N3O3/c1-16-14-20-21(15-23(16)29-2)25-13-12-22(20)30-19-10-8-18(9-11-19)27-24(28)26-17-6-4-3-5-7-17/h3-15H,1-2H3,(H2,26,27,28). The van der Waals surface area contributed by atoms with Crippen molar-refractivity contribution in [2.24, 2.45) is 0 Å². The van der Waals surface area contributed by atoms with E-state index in [1.807, 2.05) is 55.5 Å². The lowest BCUT2D eigenvalue weighted by molar-refractivity contribution is 0.262. The van der Waals surface area contributed by atoms with Crippen LogP contribution in [0, 0.1) is 6.92 Å². The molecule has 4 rings (SSSR count). The van der Waals surface area contributed by atoms with Gasteiger partial charge in [0.2, 0.25) is 0 Å². The van der Waals surface area contributed by atoms with Crippen LogP contribution in [-0.4, -0.2) is 18.1 Å². The van der Waals surface area contributed by atoms with Gasteiger partial charge in [-0.05, 0) is 61.0 Å². The van der Waals surface area contributed by atoms with Gasteiger partial charge in [0.05, 0.1) is 12.6 Å². The average Bonchev–Trinajstić information content (AvgIpc) is 2.76. The first-order valence-electron chi connectivity index (χ1n) is 9.47. The SMILES string of the molecule is COc1cc2nccc(Oc3ccc(NC(=O)Nc4ccccc4)cc3)c2cc1C. The molecule has 0 aliphatic carbocycles. The number of hydrogen-bond acceptors (Lipinski definition) is 4. The Balaban J connectivity index is 1.47. The summed E-state index contributed by atoms with van der Waals surface area (Å²) in [4.78, 5) is 16.5. The van der Waals surface area contributed by atoms with Gasteiger partial charge >= 0.3 is 6.03 Å². The molecule has 6 nitrogen and oxygen atoms in total. The Labute approximate surface area is 174 Å².